The predicted molar refractivity (Wildman–Crippen MR) is 254 cm³/mol. The third kappa shape index (κ3) is 4.45. The van der Waals surface area contributed by atoms with Crippen molar-refractivity contribution in [1.82, 2.24) is 4.98 Å². The number of hydrogen-bond donors (Lipinski definition) is 0. The SMILES string of the molecule is C1=CC(c2ccc(-c3ccc(N4c5ccc6cc7ccccc7cc6c5-c5cccc6cccc4c56)cc3)cc2)c2cc3nc4ccc5c6c(ccc(c3cc2=C1)c46)C=C5. The second kappa shape index (κ2) is 11.9. The molecule has 276 valence electrons. The molecule has 0 spiro atoms. The average molecular weight is 759 g/mol. The summed E-state index contributed by atoms with van der Waals surface area (Å²) in [4.78, 5) is 7.72. The Morgan fingerprint density at radius 3 is 2.05 bits per heavy atom. The van der Waals surface area contributed by atoms with E-state index < -0.39 is 0 Å². The van der Waals surface area contributed by atoms with Crippen LogP contribution in [0.25, 0.3) is 105 Å². The van der Waals surface area contributed by atoms with Crippen LogP contribution in [-0.2, 0) is 0 Å². The van der Waals surface area contributed by atoms with E-state index in [0.717, 1.165) is 16.7 Å². The lowest BCUT2D eigenvalue weighted by molar-refractivity contribution is 1.01. The number of anilines is 3. The van der Waals surface area contributed by atoms with Gasteiger partial charge in [0.25, 0.3) is 0 Å². The molecule has 1 aliphatic heterocycles. The molecule has 60 heavy (non-hydrogen) atoms. The Bertz CT molecular complexity index is 3800. The Labute approximate surface area is 346 Å². The molecule has 1 aromatic heterocycles. The van der Waals surface area contributed by atoms with Crippen LogP contribution in [0.4, 0.5) is 17.1 Å². The molecule has 10 aromatic carbocycles. The molecule has 2 nitrogen and oxygen atoms in total. The zero-order valence-corrected chi connectivity index (χ0v) is 32.5. The van der Waals surface area contributed by atoms with Gasteiger partial charge in [-0.05, 0) is 136 Å². The summed E-state index contributed by atoms with van der Waals surface area (Å²) in [6.07, 6.45) is 11.2. The van der Waals surface area contributed by atoms with E-state index in [0.29, 0.717) is 0 Å². The van der Waals surface area contributed by atoms with Crippen molar-refractivity contribution in [3.05, 3.63) is 209 Å². The quantitative estimate of drug-likeness (QED) is 0.132. The first-order valence-electron chi connectivity index (χ1n) is 20.9. The van der Waals surface area contributed by atoms with Gasteiger partial charge in [-0.15, -0.1) is 0 Å². The molecule has 0 amide bonds. The van der Waals surface area contributed by atoms with Crippen LogP contribution in [0.3, 0.4) is 0 Å². The molecule has 2 heterocycles. The summed E-state index contributed by atoms with van der Waals surface area (Å²) in [5.74, 6) is 0.151. The highest BCUT2D eigenvalue weighted by Gasteiger charge is 2.28. The molecule has 0 saturated heterocycles. The first kappa shape index (κ1) is 32.2. The molecule has 2 aliphatic carbocycles. The van der Waals surface area contributed by atoms with Crippen molar-refractivity contribution in [2.45, 2.75) is 5.92 Å². The van der Waals surface area contributed by atoms with E-state index in [1.807, 2.05) is 0 Å². The first-order valence-corrected chi connectivity index (χ1v) is 20.9. The van der Waals surface area contributed by atoms with Gasteiger partial charge in [0.2, 0.25) is 0 Å². The monoisotopic (exact) mass is 758 g/mol. The van der Waals surface area contributed by atoms with Gasteiger partial charge < -0.3 is 4.90 Å². The van der Waals surface area contributed by atoms with Gasteiger partial charge in [0.1, 0.15) is 0 Å². The normalized spacial score (nSPS) is 14.8. The fraction of sp³-hybridized carbons (Fsp3) is 0.0172. The molecule has 11 aromatic rings. The van der Waals surface area contributed by atoms with Crippen molar-refractivity contribution in [2.24, 2.45) is 0 Å². The van der Waals surface area contributed by atoms with Crippen molar-refractivity contribution >= 4 is 100 Å². The summed E-state index contributed by atoms with van der Waals surface area (Å²) in [5.41, 5.74) is 15.8. The molecule has 0 N–H and O–H groups in total. The molecule has 0 radical (unpaired) electrons. The molecule has 14 rings (SSSR count). The maximum Gasteiger partial charge on any atom is 0.0722 e. The smallest absolute Gasteiger partial charge is 0.0722 e. The summed E-state index contributed by atoms with van der Waals surface area (Å²) < 4.78 is 0. The Hall–Kier alpha value is -7.81. The van der Waals surface area contributed by atoms with Crippen LogP contribution >= 0.6 is 0 Å². The number of pyridine rings is 1. The second-order valence-electron chi connectivity index (χ2n) is 16.7. The standard InChI is InChI=1S/C58H34N2/c1-2-7-41-31-49-43(30-40(41)6-1)24-29-54-57(49)47-12-3-8-37-9-5-13-53(56(37)47)60(54)44-25-20-35(21-26-44)34-14-16-36(17-15-34)45-11-4-10-42-32-50-46-27-22-38-18-19-39-23-28-51(58(46)55(38)39)59-52(50)33-48(42)45/h1-33,45H. The largest absolute Gasteiger partial charge is 0.309 e. The van der Waals surface area contributed by atoms with Gasteiger partial charge in [-0.25, -0.2) is 4.98 Å². The summed E-state index contributed by atoms with van der Waals surface area (Å²) in [5, 5.41) is 14.0. The number of allylic oxidation sites excluding steroid dienone is 2. The van der Waals surface area contributed by atoms with Gasteiger partial charge in [-0.1, -0.05) is 146 Å². The minimum Gasteiger partial charge on any atom is -0.309 e. The molecular formula is C58H34N2. The summed E-state index contributed by atoms with van der Waals surface area (Å²) >= 11 is 0. The van der Waals surface area contributed by atoms with Crippen LogP contribution in [0.2, 0.25) is 0 Å². The van der Waals surface area contributed by atoms with E-state index in [-0.39, 0.29) is 5.92 Å². The Kier molecular flexibility index (Phi) is 6.37. The Morgan fingerprint density at radius 1 is 0.467 bits per heavy atom. The highest BCUT2D eigenvalue weighted by molar-refractivity contribution is 6.24. The number of aromatic nitrogens is 1. The highest BCUT2D eigenvalue weighted by atomic mass is 15.2. The van der Waals surface area contributed by atoms with E-state index in [1.165, 1.54) is 115 Å². The molecule has 1 unspecified atom stereocenters. The Balaban J connectivity index is 0.831. The fourth-order valence-electron chi connectivity index (χ4n) is 10.7. The fourth-order valence-corrected chi connectivity index (χ4v) is 10.7. The topological polar surface area (TPSA) is 16.1 Å². The van der Waals surface area contributed by atoms with Crippen LogP contribution in [-0.4, -0.2) is 4.98 Å². The lowest BCUT2D eigenvalue weighted by Crippen LogP contribution is -2.16. The van der Waals surface area contributed by atoms with E-state index in [2.05, 4.69) is 205 Å². The van der Waals surface area contributed by atoms with E-state index in [9.17, 15) is 0 Å². The summed E-state index contributed by atoms with van der Waals surface area (Å²) in [6, 6.07) is 63.4. The maximum absolute atomic E-state index is 5.26. The van der Waals surface area contributed by atoms with Crippen LogP contribution in [0.5, 0.6) is 0 Å². The summed E-state index contributed by atoms with van der Waals surface area (Å²) in [6.45, 7) is 0. The minimum absolute atomic E-state index is 0.151. The molecule has 0 fully saturated rings. The van der Waals surface area contributed by atoms with Crippen LogP contribution < -0.4 is 10.1 Å². The van der Waals surface area contributed by atoms with Gasteiger partial charge >= 0.3 is 0 Å². The van der Waals surface area contributed by atoms with Crippen molar-refractivity contribution in [2.75, 3.05) is 4.90 Å². The van der Waals surface area contributed by atoms with Crippen molar-refractivity contribution in [3.63, 3.8) is 0 Å². The van der Waals surface area contributed by atoms with Gasteiger partial charge in [0, 0.05) is 33.3 Å². The average Bonchev–Trinajstić information content (AvgIpc) is 3.74. The third-order valence-electron chi connectivity index (χ3n) is 13.5. The third-order valence-corrected chi connectivity index (χ3v) is 13.5. The number of hydrogen-bond acceptors (Lipinski definition) is 2. The predicted octanol–water partition coefficient (Wildman–Crippen LogP) is 14.8. The number of nitrogens with zero attached hydrogens (tertiary/aromatic N) is 2. The number of fused-ring (bicyclic) bond motifs is 8. The second-order valence-corrected chi connectivity index (χ2v) is 16.7. The molecule has 1 atom stereocenters. The van der Waals surface area contributed by atoms with Crippen molar-refractivity contribution < 1.29 is 0 Å². The van der Waals surface area contributed by atoms with Crippen LogP contribution in [0.1, 0.15) is 28.2 Å². The zero-order chi connectivity index (χ0) is 39.1. The van der Waals surface area contributed by atoms with Crippen molar-refractivity contribution in [3.8, 4) is 22.3 Å². The lowest BCUT2D eigenvalue weighted by atomic mass is 9.85. The number of rotatable bonds is 3. The van der Waals surface area contributed by atoms with E-state index in [1.54, 1.807) is 0 Å². The molecule has 0 saturated carbocycles. The van der Waals surface area contributed by atoms with Gasteiger partial charge in [-0.2, -0.15) is 0 Å². The van der Waals surface area contributed by atoms with Gasteiger partial charge in [0.15, 0.2) is 0 Å². The highest BCUT2D eigenvalue weighted by Crippen LogP contribution is 2.53. The van der Waals surface area contributed by atoms with E-state index in [4.69, 9.17) is 4.98 Å². The van der Waals surface area contributed by atoms with Gasteiger partial charge in [0.05, 0.1) is 22.4 Å². The van der Waals surface area contributed by atoms with Crippen molar-refractivity contribution in [1.29, 1.82) is 0 Å². The molecule has 2 heteroatoms. The molecular weight excluding hydrogens is 725 g/mol. The molecule has 3 aliphatic rings. The lowest BCUT2D eigenvalue weighted by Gasteiger charge is -2.34. The van der Waals surface area contributed by atoms with E-state index >= 15 is 0 Å². The first-order chi connectivity index (χ1) is 29.7. The zero-order valence-electron chi connectivity index (χ0n) is 32.5. The maximum atomic E-state index is 5.26. The van der Waals surface area contributed by atoms with Gasteiger partial charge in [-0.3, -0.25) is 0 Å². The number of benzene rings is 10. The molecule has 0 bridgehead atoms. The van der Waals surface area contributed by atoms with Crippen LogP contribution in [0.15, 0.2) is 182 Å². The summed E-state index contributed by atoms with van der Waals surface area (Å²) in [7, 11) is 0. The van der Waals surface area contributed by atoms with Crippen LogP contribution in [0, 0.1) is 0 Å². The Morgan fingerprint density at radius 2 is 1.22 bits per heavy atom. The minimum atomic E-state index is 0.151.